The minimum Gasteiger partial charge on any atom is -0.693 e. The number of carboxylic acid groups (broad SMARTS) is 3. The maximum atomic E-state index is 11.7. The third-order valence-corrected chi connectivity index (χ3v) is 3.71. The zero-order chi connectivity index (χ0) is 24.4. The van der Waals surface area contributed by atoms with Crippen LogP contribution in [0.25, 0.3) is 23.4 Å². The molecular weight excluding hydrogens is 807 g/mol. The van der Waals surface area contributed by atoms with E-state index in [4.69, 9.17) is 10.8 Å². The van der Waals surface area contributed by atoms with Gasteiger partial charge in [0.15, 0.2) is 0 Å². The van der Waals surface area contributed by atoms with Crippen molar-refractivity contribution in [1.29, 1.82) is 0 Å². The molecule has 0 aromatic rings. The van der Waals surface area contributed by atoms with E-state index >= 15 is 0 Å². The van der Waals surface area contributed by atoms with E-state index in [1.165, 1.54) is 35.7 Å². The van der Waals surface area contributed by atoms with Gasteiger partial charge in [0.05, 0.1) is 31.6 Å². The molecule has 6 N–H and O–H groups in total. The number of carbonyl (C=O) groups is 5. The third kappa shape index (κ3) is 33.5. The molecule has 0 aromatic heterocycles. The van der Waals surface area contributed by atoms with Crippen LogP contribution in [-0.2, 0) is 45.0 Å². The van der Waals surface area contributed by atoms with Crippen LogP contribution in [0.1, 0.15) is 6.92 Å². The SMILES string of the molecule is C[N-]CC(=O)CN(CCN(CCN(CC(C)=O)CC(=O)[O-])CC(=O)O)CC(=O)[O-].C[NH-].[CH3-].[Gd].[NH2-].[NH2-].[Pt]. The van der Waals surface area contributed by atoms with Crippen LogP contribution in [0.4, 0.5) is 0 Å². The number of rotatable bonds is 18. The van der Waals surface area contributed by atoms with Gasteiger partial charge >= 0.3 is 5.97 Å². The summed E-state index contributed by atoms with van der Waals surface area (Å²) in [5.74, 6) is -4.42. The van der Waals surface area contributed by atoms with Gasteiger partial charge in [-0.3, -0.25) is 24.3 Å². The van der Waals surface area contributed by atoms with Crippen molar-refractivity contribution in [3.8, 4) is 0 Å². The number of likely N-dealkylation sites (N-methyl/N-ethyl adjacent to an activating group) is 1. The number of carbonyl (C=O) groups excluding carboxylic acids is 4. The van der Waals surface area contributed by atoms with Gasteiger partial charge in [-0.1, -0.05) is 6.54 Å². The summed E-state index contributed by atoms with van der Waals surface area (Å²) in [7, 11) is 2.70. The first-order valence-electron chi connectivity index (χ1n) is 9.38. The maximum absolute atomic E-state index is 11.7. The molecule has 0 aliphatic heterocycles. The van der Waals surface area contributed by atoms with Crippen LogP contribution in [0, 0.1) is 47.4 Å². The maximum Gasteiger partial charge on any atom is 0.317 e. The van der Waals surface area contributed by atoms with E-state index in [1.807, 2.05) is 0 Å². The molecule has 0 saturated heterocycles. The molecule has 0 rings (SSSR count). The fraction of sp³-hybridized carbons (Fsp3) is 0.684. The van der Waals surface area contributed by atoms with Crippen LogP contribution in [0.2, 0.25) is 0 Å². The van der Waals surface area contributed by atoms with E-state index < -0.39 is 31.0 Å². The standard InChI is InChI=1S/C17H29N4O8.CH4N.CH3.Gd.2H2N.Pt/c1-13(22)8-20(11-16(26)27)5-3-19(10-15(24)25)4-6-21(12-17(28)29)9-14(23)7-18-2;1-2;;;;;/h3-12H2,1-2H3,(H,24,25)(H,26,27)(H,28,29);2H,1H3;1H3;;2*1H2;/q3*-1;;2*-1;/p-2. The molecule has 0 amide bonds. The number of nitrogens with one attached hydrogen (secondary N) is 1. The Kier molecular flexibility index (Phi) is 47.0. The minimum atomic E-state index is -1.38. The predicted octanol–water partition coefficient (Wildman–Crippen LogP) is -1.81. The smallest absolute Gasteiger partial charge is 0.317 e. The second-order valence-corrected chi connectivity index (χ2v) is 6.55. The molecule has 0 bridgehead atoms. The van der Waals surface area contributed by atoms with Gasteiger partial charge in [-0.25, -0.2) is 0 Å². The summed E-state index contributed by atoms with van der Waals surface area (Å²) < 4.78 is 0. The molecule has 0 fully saturated rings. The molecule has 0 aromatic carbocycles. The largest absolute Gasteiger partial charge is 0.693 e. The van der Waals surface area contributed by atoms with Crippen LogP contribution in [0.15, 0.2) is 0 Å². The normalized spacial score (nSPS) is 9.19. The molecule has 0 atom stereocenters. The van der Waals surface area contributed by atoms with Gasteiger partial charge in [-0.2, -0.15) is 14.1 Å². The summed E-state index contributed by atoms with van der Waals surface area (Å²) in [5.41, 5.74) is 5.75. The van der Waals surface area contributed by atoms with Crippen molar-refractivity contribution in [2.45, 2.75) is 6.92 Å². The average Bonchev–Trinajstić information content (AvgIpc) is 2.63. The van der Waals surface area contributed by atoms with E-state index in [9.17, 15) is 34.2 Å². The summed E-state index contributed by atoms with van der Waals surface area (Å²) in [6.07, 6.45) is 0. The van der Waals surface area contributed by atoms with Crippen molar-refractivity contribution in [2.24, 2.45) is 0 Å². The number of nitrogens with two attached hydrogens (primary N) is 2. The Morgan fingerprint density at radius 3 is 1.44 bits per heavy atom. The van der Waals surface area contributed by atoms with Gasteiger partial charge in [0, 0.05) is 100 Å². The second-order valence-electron chi connectivity index (χ2n) is 6.55. The Morgan fingerprint density at radius 2 is 1.14 bits per heavy atom. The summed E-state index contributed by atoms with van der Waals surface area (Å²) in [4.78, 5) is 59.9. The average molecular weight is 845 g/mol. The van der Waals surface area contributed by atoms with Gasteiger partial charge in [0.2, 0.25) is 0 Å². The Hall–Kier alpha value is -0.517. The number of hydrogen-bond acceptors (Lipinski definition) is 10. The number of nitrogens with zero attached hydrogens (tertiary/aromatic N) is 4. The van der Waals surface area contributed by atoms with Gasteiger partial charge in [0.25, 0.3) is 0 Å². The fourth-order valence-corrected chi connectivity index (χ4v) is 2.61. The molecule has 0 unspecified atom stereocenters. The minimum absolute atomic E-state index is 0. The van der Waals surface area contributed by atoms with Crippen LogP contribution in [0.5, 0.6) is 0 Å². The summed E-state index contributed by atoms with van der Waals surface area (Å²) in [6, 6.07) is 0. The van der Waals surface area contributed by atoms with Crippen LogP contribution >= 0.6 is 0 Å². The van der Waals surface area contributed by atoms with Crippen molar-refractivity contribution in [1.82, 2.24) is 14.7 Å². The number of aliphatic carboxylic acids is 3. The van der Waals surface area contributed by atoms with Crippen molar-refractivity contribution in [2.75, 3.05) is 79.5 Å². The second kappa shape index (κ2) is 32.5. The van der Waals surface area contributed by atoms with Gasteiger partial charge in [0.1, 0.15) is 11.6 Å². The molecule has 0 aliphatic carbocycles. The van der Waals surface area contributed by atoms with E-state index in [1.54, 1.807) is 0 Å². The molecule has 0 saturated carbocycles. The van der Waals surface area contributed by atoms with Crippen LogP contribution in [0.3, 0.4) is 0 Å². The molecule has 0 spiro atoms. The van der Waals surface area contributed by atoms with Gasteiger partial charge in [-0.15, -0.1) is 0 Å². The molecule has 0 radical (unpaired) electrons. The van der Waals surface area contributed by atoms with Gasteiger partial charge < -0.3 is 60.5 Å². The topological polar surface area (TPSA) is 266 Å². The Balaban J connectivity index is -0.000000234. The van der Waals surface area contributed by atoms with E-state index in [2.05, 4.69) is 5.32 Å². The zero-order valence-electron chi connectivity index (χ0n) is 21.0. The van der Waals surface area contributed by atoms with E-state index in [-0.39, 0.29) is 145 Å². The number of ketones is 2. The van der Waals surface area contributed by atoms with E-state index in [0.29, 0.717) is 0 Å². The number of carboxylic acids is 3. The molecule has 0 heterocycles. The number of Topliss-reactive ketones (excluding diaryl/α,β-unsaturated/α-hetero) is 2. The summed E-state index contributed by atoms with van der Waals surface area (Å²) >= 11 is 0. The monoisotopic (exact) mass is 845 g/mol. The van der Waals surface area contributed by atoms with Crippen molar-refractivity contribution in [3.05, 3.63) is 30.8 Å². The van der Waals surface area contributed by atoms with Crippen molar-refractivity contribution >= 4 is 29.5 Å². The van der Waals surface area contributed by atoms with Crippen LogP contribution in [-0.4, -0.2) is 129 Å². The first kappa shape index (κ1) is 52.0. The van der Waals surface area contributed by atoms with Crippen molar-refractivity contribution in [3.63, 3.8) is 0 Å². The van der Waals surface area contributed by atoms with E-state index in [0.717, 1.165) is 0 Å². The molecule has 17 heteroatoms. The van der Waals surface area contributed by atoms with Crippen molar-refractivity contribution < 1.29 is 100 Å². The zero-order valence-corrected chi connectivity index (χ0v) is 25.5. The molecule has 222 valence electrons. The Bertz CT molecular complexity index is 590. The molecule has 15 nitrogen and oxygen atoms in total. The fourth-order valence-electron chi connectivity index (χ4n) is 2.61. The number of hydrogen-bond donors (Lipinski definition) is 1. The molecule has 0 aliphatic rings. The Morgan fingerprint density at radius 1 is 0.778 bits per heavy atom. The predicted molar refractivity (Wildman–Crippen MR) is 124 cm³/mol. The first-order valence-corrected chi connectivity index (χ1v) is 9.38. The summed E-state index contributed by atoms with van der Waals surface area (Å²) in [6.45, 7) is -0.0343. The van der Waals surface area contributed by atoms with Gasteiger partial charge in [-0.05, 0) is 6.92 Å². The Labute approximate surface area is 260 Å². The first-order chi connectivity index (χ1) is 14.5. The molecular formula is C19H38GdN7O8Pt-7. The summed E-state index contributed by atoms with van der Waals surface area (Å²) in [5, 5.41) is 34.5. The third-order valence-electron chi connectivity index (χ3n) is 3.71. The molecule has 36 heavy (non-hydrogen) atoms. The quantitative estimate of drug-likeness (QED) is 0.150. The van der Waals surface area contributed by atoms with Crippen LogP contribution < -0.4 is 10.2 Å².